The van der Waals surface area contributed by atoms with Crippen LogP contribution < -0.4 is 9.61 Å². The Morgan fingerprint density at radius 2 is 2.14 bits per heavy atom. The Hall–Kier alpha value is -0.570. The average Bonchev–Trinajstić information content (AvgIpc) is 2.19. The van der Waals surface area contributed by atoms with Gasteiger partial charge in [-0.05, 0) is 19.1 Å². The molecule has 0 heterocycles. The van der Waals surface area contributed by atoms with Crippen molar-refractivity contribution in [2.75, 3.05) is 0 Å². The lowest BCUT2D eigenvalue weighted by atomic mass is 10.3. The number of carbonyl (C=O) groups is 1. The maximum Gasteiger partial charge on any atom is 0.222 e. The van der Waals surface area contributed by atoms with Crippen LogP contribution in [-0.4, -0.2) is 12.3 Å². The highest BCUT2D eigenvalue weighted by atomic mass is 32.7. The molecule has 1 aromatic rings. The van der Waals surface area contributed by atoms with Gasteiger partial charge in [-0.3, -0.25) is 0 Å². The minimum Gasteiger partial charge on any atom is -0.449 e. The zero-order valence-corrected chi connectivity index (χ0v) is 9.54. The fourth-order valence-corrected chi connectivity index (χ4v) is 2.42. The Kier molecular flexibility index (Phi) is 4.94. The Morgan fingerprint density at radius 3 is 2.71 bits per heavy atom. The fourth-order valence-electron chi connectivity index (χ4n) is 0.812. The molecule has 0 saturated heterocycles. The van der Waals surface area contributed by atoms with E-state index in [0.717, 1.165) is 12.0 Å². The maximum atomic E-state index is 10.4. The standard InChI is InChI=1S/C9H12NO2PS/c1-8(7-11)10-13(14)12-9-5-3-2-4-6-9/h2-8,10,14H,1H3. The molecule has 1 N–H and O–H groups in total. The van der Waals surface area contributed by atoms with Gasteiger partial charge >= 0.3 is 0 Å². The van der Waals surface area contributed by atoms with Gasteiger partial charge in [0.25, 0.3) is 0 Å². The van der Waals surface area contributed by atoms with Crippen LogP contribution in [0.3, 0.4) is 0 Å². The molecule has 0 radical (unpaired) electrons. The summed E-state index contributed by atoms with van der Waals surface area (Å²) >= 11 is 4.21. The van der Waals surface area contributed by atoms with Crippen molar-refractivity contribution in [3.8, 4) is 5.75 Å². The van der Waals surface area contributed by atoms with E-state index in [9.17, 15) is 4.79 Å². The molecule has 0 saturated carbocycles. The number of hydrogen-bond acceptors (Lipinski definition) is 4. The van der Waals surface area contributed by atoms with Gasteiger partial charge < -0.3 is 9.32 Å². The third-order valence-corrected chi connectivity index (χ3v) is 3.06. The van der Waals surface area contributed by atoms with Crippen molar-refractivity contribution >= 4 is 26.0 Å². The van der Waals surface area contributed by atoms with Crippen LogP contribution in [0.5, 0.6) is 5.75 Å². The summed E-state index contributed by atoms with van der Waals surface area (Å²) in [6, 6.07) is 9.14. The van der Waals surface area contributed by atoms with E-state index in [1.54, 1.807) is 6.92 Å². The molecule has 0 spiro atoms. The molecule has 2 unspecified atom stereocenters. The van der Waals surface area contributed by atoms with Gasteiger partial charge in [0, 0.05) is 0 Å². The second kappa shape index (κ2) is 6.02. The van der Waals surface area contributed by atoms with Crippen LogP contribution in [-0.2, 0) is 4.79 Å². The number of aldehydes is 1. The lowest BCUT2D eigenvalue weighted by molar-refractivity contribution is -0.108. The monoisotopic (exact) mass is 229 g/mol. The number of thiol groups is 1. The molecule has 1 rings (SSSR count). The van der Waals surface area contributed by atoms with E-state index in [4.69, 9.17) is 4.52 Å². The van der Waals surface area contributed by atoms with Crippen LogP contribution in [0.2, 0.25) is 0 Å². The molecule has 1 aromatic carbocycles. The summed E-state index contributed by atoms with van der Waals surface area (Å²) in [7, 11) is -1.09. The number of rotatable bonds is 5. The average molecular weight is 229 g/mol. The van der Waals surface area contributed by atoms with Crippen LogP contribution >= 0.6 is 19.7 Å². The third-order valence-electron chi connectivity index (χ3n) is 1.45. The normalized spacial score (nSPS) is 14.4. The first kappa shape index (κ1) is 11.5. The van der Waals surface area contributed by atoms with Crippen molar-refractivity contribution < 1.29 is 9.32 Å². The molecular formula is C9H12NO2PS. The quantitative estimate of drug-likeness (QED) is 0.462. The topological polar surface area (TPSA) is 38.3 Å². The summed E-state index contributed by atoms with van der Waals surface area (Å²) in [5.74, 6) is 0.749. The van der Waals surface area contributed by atoms with Crippen molar-refractivity contribution in [1.29, 1.82) is 0 Å². The van der Waals surface area contributed by atoms with Crippen molar-refractivity contribution in [2.24, 2.45) is 0 Å². The summed E-state index contributed by atoms with van der Waals surface area (Å²) in [5, 5.41) is 2.92. The molecule has 76 valence electrons. The highest BCUT2D eigenvalue weighted by Gasteiger charge is 2.08. The van der Waals surface area contributed by atoms with E-state index in [-0.39, 0.29) is 6.04 Å². The van der Waals surface area contributed by atoms with Gasteiger partial charge in [0.2, 0.25) is 7.50 Å². The van der Waals surface area contributed by atoms with Gasteiger partial charge in [0.1, 0.15) is 12.0 Å². The fraction of sp³-hybridized carbons (Fsp3) is 0.222. The minimum atomic E-state index is -1.09. The zero-order valence-electron chi connectivity index (χ0n) is 7.75. The summed E-state index contributed by atoms with van der Waals surface area (Å²) in [6.45, 7) is 1.76. The second-order valence-electron chi connectivity index (χ2n) is 2.73. The zero-order chi connectivity index (χ0) is 10.4. The molecule has 0 aromatic heterocycles. The molecule has 0 aliphatic rings. The van der Waals surface area contributed by atoms with E-state index >= 15 is 0 Å². The van der Waals surface area contributed by atoms with E-state index in [1.165, 1.54) is 0 Å². The summed E-state index contributed by atoms with van der Waals surface area (Å²) in [4.78, 5) is 10.4. The van der Waals surface area contributed by atoms with Gasteiger partial charge in [-0.15, -0.1) is 0 Å². The van der Waals surface area contributed by atoms with Crippen LogP contribution in [0, 0.1) is 0 Å². The number of carbonyl (C=O) groups excluding carboxylic acids is 1. The van der Waals surface area contributed by atoms with Crippen LogP contribution in [0.25, 0.3) is 0 Å². The van der Waals surface area contributed by atoms with Gasteiger partial charge in [0.05, 0.1) is 6.04 Å². The Bertz CT molecular complexity index is 283. The smallest absolute Gasteiger partial charge is 0.222 e. The Balaban J connectivity index is 2.41. The highest BCUT2D eigenvalue weighted by Crippen LogP contribution is 2.38. The third kappa shape index (κ3) is 4.09. The maximum absolute atomic E-state index is 10.4. The summed E-state index contributed by atoms with van der Waals surface area (Å²) in [5.41, 5.74) is 0. The molecule has 5 heteroatoms. The molecule has 0 amide bonds. The summed E-state index contributed by atoms with van der Waals surface area (Å²) in [6.07, 6.45) is 0.819. The molecule has 3 nitrogen and oxygen atoms in total. The first-order valence-electron chi connectivity index (χ1n) is 4.16. The molecule has 0 fully saturated rings. The van der Waals surface area contributed by atoms with Crippen molar-refractivity contribution in [2.45, 2.75) is 13.0 Å². The second-order valence-corrected chi connectivity index (χ2v) is 4.81. The predicted molar refractivity (Wildman–Crippen MR) is 61.6 cm³/mol. The van der Waals surface area contributed by atoms with Crippen LogP contribution in [0.1, 0.15) is 6.92 Å². The molecule has 0 aliphatic heterocycles. The minimum absolute atomic E-state index is 0.234. The largest absolute Gasteiger partial charge is 0.449 e. The van der Waals surface area contributed by atoms with Crippen LogP contribution in [0.15, 0.2) is 30.3 Å². The van der Waals surface area contributed by atoms with E-state index in [2.05, 4.69) is 17.3 Å². The SMILES string of the molecule is CC(C=O)NP(S)Oc1ccccc1. The lowest BCUT2D eigenvalue weighted by Crippen LogP contribution is -2.22. The first-order chi connectivity index (χ1) is 6.72. The van der Waals surface area contributed by atoms with Crippen molar-refractivity contribution in [3.63, 3.8) is 0 Å². The lowest BCUT2D eigenvalue weighted by Gasteiger charge is -2.15. The molecule has 0 bridgehead atoms. The van der Waals surface area contributed by atoms with E-state index < -0.39 is 7.50 Å². The Morgan fingerprint density at radius 1 is 1.50 bits per heavy atom. The number of hydrogen-bond donors (Lipinski definition) is 2. The summed E-state index contributed by atoms with van der Waals surface area (Å²) < 4.78 is 5.45. The van der Waals surface area contributed by atoms with E-state index in [1.807, 2.05) is 30.3 Å². The van der Waals surface area contributed by atoms with Crippen molar-refractivity contribution in [3.05, 3.63) is 30.3 Å². The highest BCUT2D eigenvalue weighted by molar-refractivity contribution is 8.43. The van der Waals surface area contributed by atoms with Crippen molar-refractivity contribution in [1.82, 2.24) is 5.09 Å². The number of benzene rings is 1. The number of para-hydroxylation sites is 1. The number of nitrogens with one attached hydrogen (secondary N) is 1. The van der Waals surface area contributed by atoms with Gasteiger partial charge in [0.15, 0.2) is 0 Å². The molecule has 14 heavy (non-hydrogen) atoms. The molecular weight excluding hydrogens is 217 g/mol. The van der Waals surface area contributed by atoms with Crippen LogP contribution in [0.4, 0.5) is 0 Å². The van der Waals surface area contributed by atoms with Gasteiger partial charge in [-0.2, -0.15) is 0 Å². The Labute approximate surface area is 89.9 Å². The first-order valence-corrected chi connectivity index (χ1v) is 6.57. The van der Waals surface area contributed by atoms with Gasteiger partial charge in [-0.25, -0.2) is 5.09 Å². The predicted octanol–water partition coefficient (Wildman–Crippen LogP) is 2.40. The molecule has 2 atom stereocenters. The molecule has 0 aliphatic carbocycles. The van der Waals surface area contributed by atoms with Gasteiger partial charge in [-0.1, -0.05) is 30.4 Å². The van der Waals surface area contributed by atoms with E-state index in [0.29, 0.717) is 0 Å².